The van der Waals surface area contributed by atoms with E-state index in [1.54, 1.807) is 0 Å². The molecule has 0 heterocycles. The summed E-state index contributed by atoms with van der Waals surface area (Å²) in [6, 6.07) is 1.98. The van der Waals surface area contributed by atoms with Crippen LogP contribution in [-0.2, 0) is 34.0 Å². The lowest BCUT2D eigenvalue weighted by Gasteiger charge is -2.29. The van der Waals surface area contributed by atoms with Crippen LogP contribution >= 0.6 is 7.60 Å². The predicted molar refractivity (Wildman–Crippen MR) is 103 cm³/mol. The van der Waals surface area contributed by atoms with Gasteiger partial charge in [-0.25, -0.2) is 0 Å². The van der Waals surface area contributed by atoms with E-state index in [9.17, 15) is 24.3 Å². The SMILES string of the molecule is CC(C)(C)c1cc(CCC(=O)C(C)(C)P(=O)(O)O)c2c(c1O)CCCC2. The molecule has 0 fully saturated rings. The Morgan fingerprint density at radius 3 is 2.12 bits per heavy atom. The lowest BCUT2D eigenvalue weighted by molar-refractivity contribution is -0.121. The maximum absolute atomic E-state index is 12.5. The smallest absolute Gasteiger partial charge is 0.338 e. The molecule has 0 amide bonds. The summed E-state index contributed by atoms with van der Waals surface area (Å²) in [7, 11) is -4.50. The van der Waals surface area contributed by atoms with Crippen LogP contribution in [0, 0.1) is 0 Å². The summed E-state index contributed by atoms with van der Waals surface area (Å²) in [5.41, 5.74) is 3.77. The Hall–Kier alpha value is -1.16. The van der Waals surface area contributed by atoms with Crippen molar-refractivity contribution in [2.45, 2.75) is 83.7 Å². The van der Waals surface area contributed by atoms with Crippen LogP contribution in [0.3, 0.4) is 0 Å². The monoisotopic (exact) mass is 382 g/mol. The zero-order chi connectivity index (χ0) is 19.9. The van der Waals surface area contributed by atoms with Crippen molar-refractivity contribution in [1.29, 1.82) is 0 Å². The van der Waals surface area contributed by atoms with Gasteiger partial charge in [-0.05, 0) is 73.6 Å². The van der Waals surface area contributed by atoms with E-state index in [0.29, 0.717) is 12.2 Å². The van der Waals surface area contributed by atoms with Gasteiger partial charge in [0, 0.05) is 6.42 Å². The number of ketones is 1. The number of carbonyl (C=O) groups excluding carboxylic acids is 1. The summed E-state index contributed by atoms with van der Waals surface area (Å²) in [5.74, 6) is -0.0569. The second-order valence-electron chi connectivity index (χ2n) is 8.87. The molecule has 0 unspecified atom stereocenters. The van der Waals surface area contributed by atoms with Crippen LogP contribution in [0.1, 0.15) is 76.1 Å². The van der Waals surface area contributed by atoms with Crippen LogP contribution in [0.25, 0.3) is 0 Å². The van der Waals surface area contributed by atoms with Crippen LogP contribution < -0.4 is 0 Å². The molecule has 0 aromatic heterocycles. The van der Waals surface area contributed by atoms with Crippen LogP contribution in [0.2, 0.25) is 0 Å². The van der Waals surface area contributed by atoms with E-state index in [0.717, 1.165) is 47.9 Å². The normalized spacial score (nSPS) is 15.7. The zero-order valence-corrected chi connectivity index (χ0v) is 17.3. The van der Waals surface area contributed by atoms with Crippen molar-refractivity contribution in [3.8, 4) is 5.75 Å². The van der Waals surface area contributed by atoms with Crippen molar-refractivity contribution in [3.05, 3.63) is 28.3 Å². The summed E-state index contributed by atoms with van der Waals surface area (Å²) >= 11 is 0. The fourth-order valence-corrected chi connectivity index (χ4v) is 3.96. The third kappa shape index (κ3) is 4.05. The molecule has 1 aromatic rings. The molecule has 1 aliphatic rings. The highest BCUT2D eigenvalue weighted by atomic mass is 31.2. The van der Waals surface area contributed by atoms with Crippen LogP contribution in [0.15, 0.2) is 6.07 Å². The highest BCUT2D eigenvalue weighted by molar-refractivity contribution is 7.54. The fraction of sp³-hybridized carbons (Fsp3) is 0.650. The molecule has 0 radical (unpaired) electrons. The van der Waals surface area contributed by atoms with Gasteiger partial charge < -0.3 is 14.9 Å². The first-order chi connectivity index (χ1) is 11.8. The van der Waals surface area contributed by atoms with Gasteiger partial charge in [-0.2, -0.15) is 0 Å². The van der Waals surface area contributed by atoms with Gasteiger partial charge in [0.25, 0.3) is 0 Å². The molecular formula is C20H31O5P. The Morgan fingerprint density at radius 1 is 1.08 bits per heavy atom. The number of aromatic hydroxyl groups is 1. The van der Waals surface area contributed by atoms with Gasteiger partial charge in [-0.3, -0.25) is 9.36 Å². The standard InChI is InChI=1S/C20H31O5P/c1-19(2,3)16-12-13(14-8-6-7-9-15(14)18(16)22)10-11-17(21)20(4,5)26(23,24)25/h12,22H,6-11H2,1-5H3,(H2,23,24,25). The average Bonchev–Trinajstić information content (AvgIpc) is 2.51. The van der Waals surface area contributed by atoms with Crippen molar-refractivity contribution in [1.82, 2.24) is 0 Å². The molecule has 5 nitrogen and oxygen atoms in total. The number of rotatable bonds is 5. The van der Waals surface area contributed by atoms with Crippen LogP contribution in [0.4, 0.5) is 0 Å². The van der Waals surface area contributed by atoms with E-state index < -0.39 is 18.5 Å². The summed E-state index contributed by atoms with van der Waals surface area (Å²) < 4.78 is 11.6. The van der Waals surface area contributed by atoms with Gasteiger partial charge in [-0.15, -0.1) is 0 Å². The van der Waals surface area contributed by atoms with Gasteiger partial charge in [0.05, 0.1) is 0 Å². The molecule has 2 rings (SSSR count). The molecule has 0 saturated carbocycles. The first kappa shape index (κ1) is 21.1. The average molecular weight is 382 g/mol. The van der Waals surface area contributed by atoms with Crippen molar-refractivity contribution in [2.24, 2.45) is 0 Å². The number of aryl methyl sites for hydroxylation is 1. The number of hydrogen-bond acceptors (Lipinski definition) is 3. The zero-order valence-electron chi connectivity index (χ0n) is 16.4. The molecule has 1 aromatic carbocycles. The lowest BCUT2D eigenvalue weighted by Crippen LogP contribution is -2.32. The highest BCUT2D eigenvalue weighted by Crippen LogP contribution is 2.51. The summed E-state index contributed by atoms with van der Waals surface area (Å²) in [6.45, 7) is 8.75. The molecule has 6 heteroatoms. The largest absolute Gasteiger partial charge is 0.507 e. The van der Waals surface area contributed by atoms with Gasteiger partial charge in [0.15, 0.2) is 5.78 Å². The molecule has 26 heavy (non-hydrogen) atoms. The number of phenols is 1. The van der Waals surface area contributed by atoms with E-state index in [2.05, 4.69) is 0 Å². The Bertz CT molecular complexity index is 752. The van der Waals surface area contributed by atoms with Crippen LogP contribution in [0.5, 0.6) is 5.75 Å². The number of Topliss-reactive ketones (excluding diaryl/α,β-unsaturated/α-hetero) is 1. The lowest BCUT2D eigenvalue weighted by atomic mass is 9.78. The highest BCUT2D eigenvalue weighted by Gasteiger charge is 2.43. The first-order valence-electron chi connectivity index (χ1n) is 9.23. The van der Waals surface area contributed by atoms with Crippen molar-refractivity contribution in [2.75, 3.05) is 0 Å². The summed E-state index contributed by atoms with van der Waals surface area (Å²) in [5, 5.41) is 9.07. The molecular weight excluding hydrogens is 351 g/mol. The molecule has 3 N–H and O–H groups in total. The Kier molecular flexibility index (Phi) is 5.78. The number of fused-ring (bicyclic) bond motifs is 1. The van der Waals surface area contributed by atoms with Crippen molar-refractivity contribution >= 4 is 13.4 Å². The first-order valence-corrected chi connectivity index (χ1v) is 10.8. The fourth-order valence-electron chi connectivity index (χ4n) is 3.52. The number of benzene rings is 1. The molecule has 0 saturated heterocycles. The second kappa shape index (κ2) is 7.10. The topological polar surface area (TPSA) is 94.8 Å². The van der Waals surface area contributed by atoms with E-state index in [4.69, 9.17) is 0 Å². The molecule has 0 atom stereocenters. The van der Waals surface area contributed by atoms with E-state index in [1.807, 2.05) is 26.8 Å². The van der Waals surface area contributed by atoms with Gasteiger partial charge in [0.1, 0.15) is 10.9 Å². The Morgan fingerprint density at radius 2 is 1.62 bits per heavy atom. The number of phenolic OH excluding ortho intramolecular Hbond substituents is 1. The molecule has 0 spiro atoms. The van der Waals surface area contributed by atoms with E-state index in [-0.39, 0.29) is 11.8 Å². The Labute approximate surface area is 156 Å². The molecule has 0 aliphatic heterocycles. The predicted octanol–water partition coefficient (Wildman–Crippen LogP) is 4.03. The third-order valence-electron chi connectivity index (χ3n) is 5.55. The van der Waals surface area contributed by atoms with Gasteiger partial charge in [-0.1, -0.05) is 26.8 Å². The van der Waals surface area contributed by atoms with E-state index in [1.165, 1.54) is 13.8 Å². The minimum absolute atomic E-state index is 0.0823. The van der Waals surface area contributed by atoms with Crippen molar-refractivity contribution in [3.63, 3.8) is 0 Å². The molecule has 0 bridgehead atoms. The van der Waals surface area contributed by atoms with Crippen LogP contribution in [-0.4, -0.2) is 25.8 Å². The van der Waals surface area contributed by atoms with Crippen molar-refractivity contribution < 1.29 is 24.3 Å². The molecule has 1 aliphatic carbocycles. The maximum Gasteiger partial charge on any atom is 0.338 e. The second-order valence-corrected chi connectivity index (χ2v) is 11.1. The quantitative estimate of drug-likeness (QED) is 0.669. The summed E-state index contributed by atoms with van der Waals surface area (Å²) in [4.78, 5) is 31.4. The number of carbonyl (C=O) groups is 1. The maximum atomic E-state index is 12.5. The van der Waals surface area contributed by atoms with Gasteiger partial charge in [0.2, 0.25) is 0 Å². The van der Waals surface area contributed by atoms with Gasteiger partial charge >= 0.3 is 7.60 Å². The third-order valence-corrected chi connectivity index (χ3v) is 7.26. The summed E-state index contributed by atoms with van der Waals surface area (Å²) in [6.07, 6.45) is 4.32. The minimum atomic E-state index is -4.50. The Balaban J connectivity index is 2.38. The molecule has 146 valence electrons. The minimum Gasteiger partial charge on any atom is -0.507 e. The van der Waals surface area contributed by atoms with E-state index >= 15 is 0 Å². The number of hydrogen-bond donors (Lipinski definition) is 3.